The molecular weight excluding hydrogens is 701 g/mol. The predicted molar refractivity (Wildman–Crippen MR) is 206 cm³/mol. The molecule has 14 nitrogen and oxygen atoms in total. The van der Waals surface area contributed by atoms with Gasteiger partial charge in [0.05, 0.1) is 49.2 Å². The van der Waals surface area contributed by atoms with E-state index in [1.807, 2.05) is 70.2 Å². The van der Waals surface area contributed by atoms with Gasteiger partial charge in [0.25, 0.3) is 0 Å². The van der Waals surface area contributed by atoms with Crippen molar-refractivity contribution in [1.29, 1.82) is 0 Å². The summed E-state index contributed by atoms with van der Waals surface area (Å²) in [7, 11) is 2.55. The Morgan fingerprint density at radius 3 is 2.09 bits per heavy atom. The average Bonchev–Trinajstić information content (AvgIpc) is 4.00. The van der Waals surface area contributed by atoms with Crippen molar-refractivity contribution >= 4 is 35.0 Å². The van der Waals surface area contributed by atoms with Crippen LogP contribution in [-0.2, 0) is 19.1 Å². The lowest BCUT2D eigenvalue weighted by Gasteiger charge is -2.29. The molecule has 6 rings (SSSR count). The first-order chi connectivity index (χ1) is 26.4. The number of carbonyl (C=O) groups is 4. The molecule has 4 N–H and O–H groups in total. The molecule has 288 valence electrons. The van der Waals surface area contributed by atoms with Crippen molar-refractivity contribution in [2.45, 2.75) is 71.1 Å². The van der Waals surface area contributed by atoms with Gasteiger partial charge < -0.3 is 39.9 Å². The number of amides is 4. The summed E-state index contributed by atoms with van der Waals surface area (Å²) >= 11 is 0. The molecule has 2 aromatic carbocycles. The molecule has 0 aliphatic carbocycles. The smallest absolute Gasteiger partial charge is 0.407 e. The molecule has 2 aliphatic rings. The van der Waals surface area contributed by atoms with Gasteiger partial charge in [-0.05, 0) is 67.0 Å². The van der Waals surface area contributed by atoms with E-state index in [0.29, 0.717) is 31.2 Å². The molecule has 2 aliphatic heterocycles. The lowest BCUT2D eigenvalue weighted by molar-refractivity contribution is -0.136. The molecule has 4 heterocycles. The van der Waals surface area contributed by atoms with Crippen LogP contribution in [0.1, 0.15) is 81.8 Å². The molecule has 2 aromatic heterocycles. The van der Waals surface area contributed by atoms with Gasteiger partial charge >= 0.3 is 12.2 Å². The second kappa shape index (κ2) is 16.5. The number of hydrogen-bond donors (Lipinski definition) is 4. The zero-order valence-corrected chi connectivity index (χ0v) is 32.1. The summed E-state index contributed by atoms with van der Waals surface area (Å²) in [5, 5.41) is 5.36. The number of carbonyl (C=O) groups excluding carboxylic acids is 4. The van der Waals surface area contributed by atoms with Crippen LogP contribution in [0.25, 0.3) is 22.3 Å². The Morgan fingerprint density at radius 1 is 0.836 bits per heavy atom. The van der Waals surface area contributed by atoms with Gasteiger partial charge in [-0.1, -0.05) is 63.8 Å². The van der Waals surface area contributed by atoms with E-state index in [4.69, 9.17) is 14.5 Å². The molecular formula is C41H48N8O6. The van der Waals surface area contributed by atoms with Crippen molar-refractivity contribution in [3.8, 4) is 23.1 Å². The molecule has 0 saturated carbocycles. The highest BCUT2D eigenvalue weighted by Gasteiger charge is 2.39. The summed E-state index contributed by atoms with van der Waals surface area (Å²) < 4.78 is 9.50. The van der Waals surface area contributed by atoms with Crippen LogP contribution < -0.4 is 10.6 Å². The van der Waals surface area contributed by atoms with Crippen molar-refractivity contribution in [2.24, 2.45) is 11.8 Å². The van der Waals surface area contributed by atoms with E-state index in [-0.39, 0.29) is 35.7 Å². The van der Waals surface area contributed by atoms with E-state index < -0.39 is 24.3 Å². The SMILES string of the molecule is C=C1C[C@@H](c2ncc(-c3ccc(C#Cc4ccc5nc([C@@H]6CCCN6C(=O)[C@H](NC(=O)OC)C(C)C)[nH]c5c4)cc3)[nH]2)N(C(=O)[C@H](NC(=O)OC)C(C)C)C1. The van der Waals surface area contributed by atoms with Crippen molar-refractivity contribution in [3.05, 3.63) is 83.6 Å². The van der Waals surface area contributed by atoms with Gasteiger partial charge in [0, 0.05) is 24.2 Å². The van der Waals surface area contributed by atoms with E-state index >= 15 is 0 Å². The Bertz CT molecular complexity index is 2140. The maximum absolute atomic E-state index is 13.6. The number of fused-ring (bicyclic) bond motifs is 1. The van der Waals surface area contributed by atoms with Crippen LogP contribution in [0.5, 0.6) is 0 Å². The first kappa shape index (κ1) is 38.6. The van der Waals surface area contributed by atoms with Gasteiger partial charge in [0.2, 0.25) is 11.8 Å². The molecule has 4 aromatic rings. The van der Waals surface area contributed by atoms with Crippen LogP contribution in [0.2, 0.25) is 0 Å². The summed E-state index contributed by atoms with van der Waals surface area (Å²) in [5.41, 5.74) is 5.87. The number of H-pyrrole nitrogens is 2. The molecule has 0 bridgehead atoms. The van der Waals surface area contributed by atoms with Crippen molar-refractivity contribution < 1.29 is 28.7 Å². The Morgan fingerprint density at radius 2 is 1.45 bits per heavy atom. The number of benzene rings is 2. The number of imidazole rings is 2. The van der Waals surface area contributed by atoms with E-state index in [9.17, 15) is 19.2 Å². The van der Waals surface area contributed by atoms with E-state index in [0.717, 1.165) is 51.8 Å². The van der Waals surface area contributed by atoms with Gasteiger partial charge in [0.15, 0.2) is 0 Å². The number of ether oxygens (including phenoxy) is 2. The number of alkyl carbamates (subject to hydrolysis) is 2. The molecule has 2 fully saturated rings. The molecule has 0 spiro atoms. The summed E-state index contributed by atoms with van der Waals surface area (Å²) in [6.07, 6.45) is 2.63. The molecule has 55 heavy (non-hydrogen) atoms. The molecule has 14 heteroatoms. The number of hydrogen-bond acceptors (Lipinski definition) is 8. The summed E-state index contributed by atoms with van der Waals surface area (Å²) in [5.74, 6) is 7.21. The van der Waals surface area contributed by atoms with Gasteiger partial charge in [-0.2, -0.15) is 0 Å². The van der Waals surface area contributed by atoms with Crippen molar-refractivity contribution in [3.63, 3.8) is 0 Å². The summed E-state index contributed by atoms with van der Waals surface area (Å²) in [6.45, 7) is 12.6. The zero-order valence-electron chi connectivity index (χ0n) is 32.1. The summed E-state index contributed by atoms with van der Waals surface area (Å²) in [4.78, 5) is 70.8. The van der Waals surface area contributed by atoms with Gasteiger partial charge in [-0.3, -0.25) is 9.59 Å². The fourth-order valence-electron chi connectivity index (χ4n) is 7.14. The zero-order chi connectivity index (χ0) is 39.4. The van der Waals surface area contributed by atoms with Crippen LogP contribution in [0.3, 0.4) is 0 Å². The fraction of sp³-hybridized carbons (Fsp3) is 0.415. The van der Waals surface area contributed by atoms with Crippen LogP contribution in [0.15, 0.2) is 60.8 Å². The van der Waals surface area contributed by atoms with Gasteiger partial charge in [-0.15, -0.1) is 0 Å². The summed E-state index contributed by atoms with van der Waals surface area (Å²) in [6, 6.07) is 11.6. The Balaban J connectivity index is 1.13. The lowest BCUT2D eigenvalue weighted by atomic mass is 10.0. The van der Waals surface area contributed by atoms with Crippen LogP contribution >= 0.6 is 0 Å². The first-order valence-corrected chi connectivity index (χ1v) is 18.5. The third-order valence-electron chi connectivity index (χ3n) is 10.1. The third-order valence-corrected chi connectivity index (χ3v) is 10.1. The van der Waals surface area contributed by atoms with Crippen LogP contribution in [0, 0.1) is 23.7 Å². The number of rotatable bonds is 9. The molecule has 4 amide bonds. The minimum Gasteiger partial charge on any atom is -0.453 e. The van der Waals surface area contributed by atoms with E-state index in [1.165, 1.54) is 14.2 Å². The van der Waals surface area contributed by atoms with Gasteiger partial charge in [-0.25, -0.2) is 19.6 Å². The normalized spacial score (nSPS) is 17.9. The number of likely N-dealkylation sites (tertiary alicyclic amines) is 2. The van der Waals surface area contributed by atoms with E-state index in [1.54, 1.807) is 16.0 Å². The largest absolute Gasteiger partial charge is 0.453 e. The van der Waals surface area contributed by atoms with Crippen molar-refractivity contribution in [2.75, 3.05) is 27.3 Å². The standard InChI is InChI=1S/C41H48N8O6/c1-23(2)34(46-40(52)54-6)38(50)48-18-8-9-32(48)37-43-29-17-14-27(20-30(29)44-37)11-10-26-12-15-28(16-13-26)31-21-42-36(45-31)33-19-25(5)22-49(33)39(51)35(24(3)4)47-41(53)55-7/h12-17,20-21,23-24,32-35H,5,8-9,18-19,22H2,1-4,6-7H3,(H,42,45)(H,43,44)(H,46,52)(H,47,53)/t32-,33-,34+,35+/m0/s1. The molecule has 2 saturated heterocycles. The highest BCUT2D eigenvalue weighted by molar-refractivity contribution is 5.87. The fourth-order valence-corrected chi connectivity index (χ4v) is 7.14. The maximum Gasteiger partial charge on any atom is 0.407 e. The minimum atomic E-state index is -0.746. The Kier molecular flexibility index (Phi) is 11.6. The number of nitrogens with one attached hydrogen (secondary N) is 4. The predicted octanol–water partition coefficient (Wildman–Crippen LogP) is 5.61. The number of aromatic nitrogens is 4. The molecule has 0 unspecified atom stereocenters. The number of methoxy groups -OCH3 is 2. The van der Waals surface area contributed by atoms with E-state index in [2.05, 4.69) is 44.0 Å². The quantitative estimate of drug-likeness (QED) is 0.126. The van der Waals surface area contributed by atoms with Crippen molar-refractivity contribution in [1.82, 2.24) is 40.4 Å². The highest BCUT2D eigenvalue weighted by atomic mass is 16.5. The molecule has 4 atom stereocenters. The number of nitrogens with zero attached hydrogens (tertiary/aromatic N) is 4. The first-order valence-electron chi connectivity index (χ1n) is 18.5. The monoisotopic (exact) mass is 748 g/mol. The maximum atomic E-state index is 13.6. The molecule has 0 radical (unpaired) electrons. The topological polar surface area (TPSA) is 175 Å². The average molecular weight is 749 g/mol. The van der Waals surface area contributed by atoms with Crippen LogP contribution in [0.4, 0.5) is 9.59 Å². The Hall–Kier alpha value is -6.10. The second-order valence-corrected chi connectivity index (χ2v) is 14.7. The Labute approximate surface area is 320 Å². The van der Waals surface area contributed by atoms with Crippen LogP contribution in [-0.4, -0.2) is 93.1 Å². The number of aromatic amines is 2. The minimum absolute atomic E-state index is 0.116. The lowest BCUT2D eigenvalue weighted by Crippen LogP contribution is -2.51. The second-order valence-electron chi connectivity index (χ2n) is 14.7. The van der Waals surface area contributed by atoms with Gasteiger partial charge in [0.1, 0.15) is 23.7 Å². The third kappa shape index (κ3) is 8.51. The highest BCUT2D eigenvalue weighted by Crippen LogP contribution is 2.35.